The first-order valence-electron chi connectivity index (χ1n) is 15.3. The van der Waals surface area contributed by atoms with Crippen molar-refractivity contribution >= 4 is 25.9 Å². The molecule has 46 heavy (non-hydrogen) atoms. The third kappa shape index (κ3) is 6.68. The van der Waals surface area contributed by atoms with Gasteiger partial charge in [-0.1, -0.05) is 57.2 Å². The van der Waals surface area contributed by atoms with Crippen LogP contribution in [0.25, 0.3) is 0 Å². The molecule has 2 amide bonds. The molecule has 1 aromatic heterocycles. The number of carbonyl (C=O) groups is 3. The number of carbonyl (C=O) groups excluding carboxylic acids is 3. The Morgan fingerprint density at radius 2 is 1.78 bits per heavy atom. The molecule has 0 saturated carbocycles. The highest BCUT2D eigenvalue weighted by Gasteiger charge is 2.45. The number of halogens is 2. The molecule has 3 heterocycles. The zero-order chi connectivity index (χ0) is 33.4. The number of amides is 2. The molecular weight excluding hydrogens is 612 g/mol. The van der Waals surface area contributed by atoms with Gasteiger partial charge in [-0.15, -0.1) is 0 Å². The van der Waals surface area contributed by atoms with Gasteiger partial charge in [0.05, 0.1) is 12.6 Å². The van der Waals surface area contributed by atoms with Crippen molar-refractivity contribution in [2.45, 2.75) is 77.0 Å². The van der Waals surface area contributed by atoms with E-state index in [0.717, 1.165) is 11.6 Å². The number of ether oxygens (including phenoxy) is 1. The van der Waals surface area contributed by atoms with Crippen molar-refractivity contribution in [3.63, 3.8) is 0 Å². The van der Waals surface area contributed by atoms with Crippen molar-refractivity contribution in [1.29, 1.82) is 0 Å². The molecule has 3 aromatic rings. The quantitative estimate of drug-likeness (QED) is 0.311. The number of ketones is 1. The van der Waals surface area contributed by atoms with Gasteiger partial charge in [-0.3, -0.25) is 19.2 Å². The van der Waals surface area contributed by atoms with Gasteiger partial charge in [-0.25, -0.2) is 8.78 Å². The van der Waals surface area contributed by atoms with Crippen LogP contribution in [0.1, 0.15) is 71.6 Å². The Hall–Kier alpha value is -4.16. The fourth-order valence-corrected chi connectivity index (χ4v) is 6.46. The summed E-state index contributed by atoms with van der Waals surface area (Å²) < 4.78 is 41.5. The highest BCUT2D eigenvalue weighted by atomic mass is 28.4. The van der Waals surface area contributed by atoms with E-state index in [1.807, 2.05) is 6.07 Å². The number of Topliss-reactive ketones (excluding diaryl/α,β-unsaturated/α-hetero) is 1. The summed E-state index contributed by atoms with van der Waals surface area (Å²) in [6, 6.07) is 10.7. The van der Waals surface area contributed by atoms with Gasteiger partial charge in [0.15, 0.2) is 25.5 Å². The van der Waals surface area contributed by atoms with Gasteiger partial charge in [0.1, 0.15) is 29.8 Å². The molecule has 1 saturated heterocycles. The van der Waals surface area contributed by atoms with E-state index in [9.17, 15) is 28.0 Å². The van der Waals surface area contributed by atoms with Crippen molar-refractivity contribution in [2.75, 3.05) is 13.2 Å². The molecule has 2 atom stereocenters. The number of pyridine rings is 1. The van der Waals surface area contributed by atoms with Crippen molar-refractivity contribution < 1.29 is 32.3 Å². The minimum atomic E-state index is -2.18. The molecule has 1 N–H and O–H groups in total. The lowest BCUT2D eigenvalue weighted by atomic mass is 10.0. The Balaban J connectivity index is 1.53. The van der Waals surface area contributed by atoms with E-state index in [1.165, 1.54) is 16.8 Å². The van der Waals surface area contributed by atoms with Gasteiger partial charge in [0, 0.05) is 37.3 Å². The average molecular weight is 652 g/mol. The predicted octanol–water partition coefficient (Wildman–Crippen LogP) is 5.39. The first-order valence-corrected chi connectivity index (χ1v) is 18.2. The minimum Gasteiger partial charge on any atom is -0.483 e. The highest BCUT2D eigenvalue weighted by Crippen LogP contribution is 2.38. The monoisotopic (exact) mass is 651 g/mol. The van der Waals surface area contributed by atoms with Crippen LogP contribution in [0, 0.1) is 11.6 Å². The minimum absolute atomic E-state index is 0.0177. The Morgan fingerprint density at radius 3 is 2.46 bits per heavy atom. The van der Waals surface area contributed by atoms with Crippen LogP contribution in [-0.2, 0) is 22.4 Å². The van der Waals surface area contributed by atoms with Gasteiger partial charge in [0.25, 0.3) is 11.8 Å². The summed E-state index contributed by atoms with van der Waals surface area (Å²) in [5.41, 5.74) is -0.575. The van der Waals surface area contributed by atoms with Gasteiger partial charge in [-0.2, -0.15) is 0 Å². The third-order valence-corrected chi connectivity index (χ3v) is 13.8. The van der Waals surface area contributed by atoms with Crippen LogP contribution in [0.15, 0.2) is 59.5 Å². The van der Waals surface area contributed by atoms with E-state index in [0.29, 0.717) is 12.5 Å². The SMILES string of the molecule is CC(C)(C)[Si](C)(C)OC[C@H]1CCC(=O)[C@H]2CN1C(=O)c1c(OCc3ccccc3)c(=O)c(C(=O)NCc3ccc(F)cc3F)cn12. The summed E-state index contributed by atoms with van der Waals surface area (Å²) in [5, 5.41) is 2.45. The second kappa shape index (κ2) is 12.9. The fraction of sp³-hybridized carbons (Fsp3) is 0.412. The lowest BCUT2D eigenvalue weighted by molar-refractivity contribution is -0.122. The number of rotatable bonds is 9. The van der Waals surface area contributed by atoms with Crippen LogP contribution in [0.3, 0.4) is 0 Å². The number of hydrogen-bond donors (Lipinski definition) is 1. The smallest absolute Gasteiger partial charge is 0.274 e. The van der Waals surface area contributed by atoms with E-state index in [1.54, 1.807) is 29.2 Å². The summed E-state index contributed by atoms with van der Waals surface area (Å²) in [6.07, 6.45) is 1.79. The summed E-state index contributed by atoms with van der Waals surface area (Å²) in [4.78, 5) is 56.7. The largest absolute Gasteiger partial charge is 0.483 e. The lowest BCUT2D eigenvalue weighted by Gasteiger charge is -2.41. The van der Waals surface area contributed by atoms with Crippen molar-refractivity contribution in [3.05, 3.63) is 99.0 Å². The second-order valence-corrected chi connectivity index (χ2v) is 18.2. The first kappa shape index (κ1) is 33.2. The normalized spacial score (nSPS) is 18.2. The molecule has 1 fully saturated rings. The molecular formula is C34H39F2N3O6Si. The average Bonchev–Trinajstić information content (AvgIpc) is 3.14. The Morgan fingerprint density at radius 1 is 1.07 bits per heavy atom. The lowest BCUT2D eigenvalue weighted by Crippen LogP contribution is -2.52. The van der Waals surface area contributed by atoms with Gasteiger partial charge < -0.3 is 23.9 Å². The third-order valence-electron chi connectivity index (χ3n) is 9.27. The maximum atomic E-state index is 14.2. The number of fused-ring (bicyclic) bond motifs is 4. The Labute approximate surface area is 267 Å². The van der Waals surface area contributed by atoms with Crippen molar-refractivity contribution in [3.8, 4) is 5.75 Å². The van der Waals surface area contributed by atoms with Crippen LogP contribution in [-0.4, -0.2) is 54.6 Å². The van der Waals surface area contributed by atoms with Crippen LogP contribution >= 0.6 is 0 Å². The molecule has 0 spiro atoms. The van der Waals surface area contributed by atoms with E-state index >= 15 is 0 Å². The van der Waals surface area contributed by atoms with Crippen LogP contribution < -0.4 is 15.5 Å². The first-order chi connectivity index (χ1) is 21.7. The molecule has 2 aromatic carbocycles. The molecule has 2 aliphatic heterocycles. The van der Waals surface area contributed by atoms with E-state index in [2.05, 4.69) is 39.2 Å². The van der Waals surface area contributed by atoms with E-state index in [4.69, 9.17) is 9.16 Å². The number of aromatic nitrogens is 1. The molecule has 9 nitrogen and oxygen atoms in total. The maximum absolute atomic E-state index is 14.2. The fourth-order valence-electron chi connectivity index (χ4n) is 5.41. The van der Waals surface area contributed by atoms with Gasteiger partial charge in [-0.05, 0) is 36.2 Å². The molecule has 12 heteroatoms. The van der Waals surface area contributed by atoms with E-state index < -0.39 is 49.3 Å². The number of hydrogen-bond acceptors (Lipinski definition) is 6. The zero-order valence-corrected chi connectivity index (χ0v) is 27.7. The predicted molar refractivity (Wildman–Crippen MR) is 170 cm³/mol. The molecule has 2 aliphatic rings. The van der Waals surface area contributed by atoms with Gasteiger partial charge >= 0.3 is 0 Å². The summed E-state index contributed by atoms with van der Waals surface area (Å²) >= 11 is 0. The standard InChI is InChI=1S/C34H39F2N3O6Si/c1-34(2,3)46(4,5)45-20-24-13-14-28(40)27-18-38(24)33(43)29-31(44-19-21-9-7-6-8-10-21)30(41)25(17-39(27)29)32(42)37-16-22-11-12-23(35)15-26(22)36/h6-12,15,17,24,27H,13-14,16,18-20H2,1-5H3,(H,37,42)/t24-,27-/m1/s1. The van der Waals surface area contributed by atoms with Gasteiger partial charge in [0.2, 0.25) is 5.43 Å². The molecule has 2 bridgehead atoms. The highest BCUT2D eigenvalue weighted by molar-refractivity contribution is 6.74. The number of nitrogens with one attached hydrogen (secondary N) is 1. The second-order valence-electron chi connectivity index (χ2n) is 13.4. The van der Waals surface area contributed by atoms with Crippen molar-refractivity contribution in [1.82, 2.24) is 14.8 Å². The Bertz CT molecular complexity index is 1720. The molecule has 0 aliphatic carbocycles. The summed E-state index contributed by atoms with van der Waals surface area (Å²) in [7, 11) is -2.18. The van der Waals surface area contributed by atoms with Crippen LogP contribution in [0.5, 0.6) is 5.75 Å². The van der Waals surface area contributed by atoms with Crippen LogP contribution in [0.4, 0.5) is 8.78 Å². The molecule has 244 valence electrons. The van der Waals surface area contributed by atoms with Crippen molar-refractivity contribution in [2.24, 2.45) is 0 Å². The Kier molecular flexibility index (Phi) is 9.32. The molecule has 0 radical (unpaired) electrons. The summed E-state index contributed by atoms with van der Waals surface area (Å²) in [6.45, 7) is 10.5. The topological polar surface area (TPSA) is 107 Å². The number of nitrogens with zero attached hydrogens (tertiary/aromatic N) is 2. The van der Waals surface area contributed by atoms with Crippen LogP contribution in [0.2, 0.25) is 18.1 Å². The summed E-state index contributed by atoms with van der Waals surface area (Å²) in [5.74, 6) is -3.45. The molecule has 5 rings (SSSR count). The maximum Gasteiger partial charge on any atom is 0.274 e. The number of benzene rings is 2. The zero-order valence-electron chi connectivity index (χ0n) is 26.7. The molecule has 0 unspecified atom stereocenters. The van der Waals surface area contributed by atoms with E-state index in [-0.39, 0.29) is 66.1 Å².